The molecule has 2 aliphatic rings. The maximum absolute atomic E-state index is 13.0. The Kier molecular flexibility index (Phi) is 5.14. The molecule has 33 heavy (non-hydrogen) atoms. The van der Waals surface area contributed by atoms with Crippen LogP contribution in [0.1, 0.15) is 48.3 Å². The summed E-state index contributed by atoms with van der Waals surface area (Å²) >= 11 is 0. The first-order valence-electron chi connectivity index (χ1n) is 11.4. The summed E-state index contributed by atoms with van der Waals surface area (Å²) in [6.45, 7) is 13.6. The van der Waals surface area contributed by atoms with Crippen molar-refractivity contribution >= 4 is 11.7 Å². The van der Waals surface area contributed by atoms with Crippen LogP contribution in [0.3, 0.4) is 0 Å². The lowest BCUT2D eigenvalue weighted by Crippen LogP contribution is -2.34. The van der Waals surface area contributed by atoms with Crippen LogP contribution < -0.4 is 4.90 Å². The molecule has 0 saturated carbocycles. The van der Waals surface area contributed by atoms with Crippen LogP contribution in [-0.4, -0.2) is 67.2 Å². The molecule has 0 N–H and O–H groups in total. The SMILES string of the molecule is Cc1cc(C)n(-c2ccc(C(=O)N3CC4CN(c5ccc(C(C)(C)C)nn5)CC4C3)nn2)n1. The largest absolute Gasteiger partial charge is 0.354 e. The van der Waals surface area contributed by atoms with Crippen LogP contribution in [0.25, 0.3) is 5.82 Å². The molecule has 0 bridgehead atoms. The third-order valence-electron chi connectivity index (χ3n) is 6.61. The second-order valence-corrected chi connectivity index (χ2v) is 10.3. The van der Waals surface area contributed by atoms with Crippen molar-refractivity contribution < 1.29 is 4.79 Å². The summed E-state index contributed by atoms with van der Waals surface area (Å²) < 4.78 is 1.74. The Morgan fingerprint density at radius 2 is 1.55 bits per heavy atom. The lowest BCUT2D eigenvalue weighted by atomic mass is 9.92. The highest BCUT2D eigenvalue weighted by Gasteiger charge is 2.42. The van der Waals surface area contributed by atoms with Gasteiger partial charge in [0.05, 0.1) is 11.4 Å². The second-order valence-electron chi connectivity index (χ2n) is 10.3. The van der Waals surface area contributed by atoms with E-state index in [1.807, 2.05) is 24.8 Å². The summed E-state index contributed by atoms with van der Waals surface area (Å²) in [5.41, 5.74) is 3.26. The Morgan fingerprint density at radius 1 is 0.879 bits per heavy atom. The molecule has 3 aromatic heterocycles. The number of carbonyl (C=O) groups is 1. The molecule has 5 heterocycles. The van der Waals surface area contributed by atoms with Crippen molar-refractivity contribution in [3.63, 3.8) is 0 Å². The van der Waals surface area contributed by atoms with Crippen molar-refractivity contribution in [3.8, 4) is 5.82 Å². The van der Waals surface area contributed by atoms with E-state index < -0.39 is 0 Å². The average Bonchev–Trinajstić information content (AvgIpc) is 3.45. The summed E-state index contributed by atoms with van der Waals surface area (Å²) in [6, 6.07) is 9.67. The zero-order valence-electron chi connectivity index (χ0n) is 19.9. The molecule has 0 spiro atoms. The molecule has 1 amide bonds. The zero-order valence-corrected chi connectivity index (χ0v) is 19.9. The monoisotopic (exact) mass is 446 g/mol. The average molecular weight is 447 g/mol. The number of aromatic nitrogens is 6. The summed E-state index contributed by atoms with van der Waals surface area (Å²) in [4.78, 5) is 17.2. The highest BCUT2D eigenvalue weighted by molar-refractivity contribution is 5.92. The lowest BCUT2D eigenvalue weighted by Gasteiger charge is -2.23. The van der Waals surface area contributed by atoms with Gasteiger partial charge in [-0.3, -0.25) is 4.79 Å². The maximum Gasteiger partial charge on any atom is 0.274 e. The van der Waals surface area contributed by atoms with Gasteiger partial charge < -0.3 is 9.80 Å². The third-order valence-corrected chi connectivity index (χ3v) is 6.61. The first-order chi connectivity index (χ1) is 15.7. The molecular weight excluding hydrogens is 416 g/mol. The van der Waals surface area contributed by atoms with E-state index in [1.165, 1.54) is 0 Å². The normalized spacial score (nSPS) is 20.4. The third kappa shape index (κ3) is 4.07. The Bertz CT molecular complexity index is 1150. The Balaban J connectivity index is 1.22. The van der Waals surface area contributed by atoms with E-state index in [-0.39, 0.29) is 11.3 Å². The predicted octanol–water partition coefficient (Wildman–Crippen LogP) is 2.58. The number of carbonyl (C=O) groups excluding carboxylic acids is 1. The Hall–Kier alpha value is -3.36. The minimum Gasteiger partial charge on any atom is -0.354 e. The molecule has 9 nitrogen and oxygen atoms in total. The molecule has 5 rings (SSSR count). The molecule has 0 aliphatic carbocycles. The van der Waals surface area contributed by atoms with E-state index in [0.29, 0.717) is 23.3 Å². The molecular formula is C24H30N8O. The fourth-order valence-corrected chi connectivity index (χ4v) is 4.81. The number of anilines is 1. The van der Waals surface area contributed by atoms with Crippen molar-refractivity contribution in [2.75, 3.05) is 31.1 Å². The van der Waals surface area contributed by atoms with Gasteiger partial charge in [0.2, 0.25) is 0 Å². The molecule has 3 aromatic rings. The smallest absolute Gasteiger partial charge is 0.274 e. The predicted molar refractivity (Wildman–Crippen MR) is 124 cm³/mol. The number of aryl methyl sites for hydroxylation is 2. The second kappa shape index (κ2) is 7.90. The van der Waals surface area contributed by atoms with E-state index in [0.717, 1.165) is 49.1 Å². The zero-order chi connectivity index (χ0) is 23.3. The Labute approximate surface area is 193 Å². The quantitative estimate of drug-likeness (QED) is 0.610. The fourth-order valence-electron chi connectivity index (χ4n) is 4.81. The van der Waals surface area contributed by atoms with Gasteiger partial charge in [-0.2, -0.15) is 10.2 Å². The summed E-state index contributed by atoms with van der Waals surface area (Å²) in [7, 11) is 0. The summed E-state index contributed by atoms with van der Waals surface area (Å²) in [5, 5.41) is 21.8. The van der Waals surface area contributed by atoms with Gasteiger partial charge in [-0.05, 0) is 44.2 Å². The number of nitrogens with zero attached hydrogens (tertiary/aromatic N) is 8. The molecule has 2 fully saturated rings. The van der Waals surface area contributed by atoms with Crippen LogP contribution in [0.2, 0.25) is 0 Å². The highest BCUT2D eigenvalue weighted by atomic mass is 16.2. The van der Waals surface area contributed by atoms with Crippen LogP contribution in [0.4, 0.5) is 5.82 Å². The molecule has 2 aliphatic heterocycles. The minimum atomic E-state index is -0.0577. The van der Waals surface area contributed by atoms with Gasteiger partial charge >= 0.3 is 0 Å². The molecule has 9 heteroatoms. The van der Waals surface area contributed by atoms with E-state index in [4.69, 9.17) is 0 Å². The number of likely N-dealkylation sites (tertiary alicyclic amines) is 1. The minimum absolute atomic E-state index is 0.00876. The van der Waals surface area contributed by atoms with Gasteiger partial charge in [0.1, 0.15) is 0 Å². The van der Waals surface area contributed by atoms with Gasteiger partial charge in [-0.15, -0.1) is 15.3 Å². The van der Waals surface area contributed by atoms with Gasteiger partial charge in [-0.25, -0.2) is 4.68 Å². The van der Waals surface area contributed by atoms with Crippen molar-refractivity contribution in [2.45, 2.75) is 40.0 Å². The van der Waals surface area contributed by atoms with E-state index in [9.17, 15) is 4.79 Å². The van der Waals surface area contributed by atoms with E-state index in [1.54, 1.807) is 16.8 Å². The fraction of sp³-hybridized carbons (Fsp3) is 0.500. The standard InChI is InChI=1S/C24H30N8O/c1-15-10-16(2)32(29-15)22-8-6-19(25-28-22)23(33)31-13-17-11-30(12-18(17)14-31)21-9-7-20(26-27-21)24(3,4)5/h6-10,17-18H,11-14H2,1-5H3. The van der Waals surface area contributed by atoms with Crippen molar-refractivity contribution in [2.24, 2.45) is 11.8 Å². The number of hydrogen-bond donors (Lipinski definition) is 0. The molecule has 172 valence electrons. The van der Waals surface area contributed by atoms with Gasteiger partial charge in [-0.1, -0.05) is 20.8 Å². The molecule has 2 saturated heterocycles. The number of rotatable bonds is 3. The van der Waals surface area contributed by atoms with Crippen molar-refractivity contribution in [3.05, 3.63) is 53.1 Å². The number of amides is 1. The molecule has 2 atom stereocenters. The van der Waals surface area contributed by atoms with Crippen LogP contribution >= 0.6 is 0 Å². The topological polar surface area (TPSA) is 92.9 Å². The summed E-state index contributed by atoms with van der Waals surface area (Å²) in [5.74, 6) is 2.34. The Morgan fingerprint density at radius 3 is 2.06 bits per heavy atom. The summed E-state index contributed by atoms with van der Waals surface area (Å²) in [6.07, 6.45) is 0. The van der Waals surface area contributed by atoms with Gasteiger partial charge in [0.25, 0.3) is 5.91 Å². The first-order valence-corrected chi connectivity index (χ1v) is 11.4. The van der Waals surface area contributed by atoms with Gasteiger partial charge in [0.15, 0.2) is 17.3 Å². The van der Waals surface area contributed by atoms with E-state index in [2.05, 4.69) is 63.3 Å². The van der Waals surface area contributed by atoms with Crippen molar-refractivity contribution in [1.82, 2.24) is 35.1 Å². The van der Waals surface area contributed by atoms with E-state index >= 15 is 0 Å². The first kappa shape index (κ1) is 21.5. The molecule has 0 aromatic carbocycles. The molecule has 0 radical (unpaired) electrons. The number of fused-ring (bicyclic) bond motifs is 1. The van der Waals surface area contributed by atoms with Gasteiger partial charge in [0, 0.05) is 49.1 Å². The maximum atomic E-state index is 13.0. The van der Waals surface area contributed by atoms with Crippen molar-refractivity contribution in [1.29, 1.82) is 0 Å². The highest BCUT2D eigenvalue weighted by Crippen LogP contribution is 2.34. The van der Waals surface area contributed by atoms with Crippen LogP contribution in [0.5, 0.6) is 0 Å². The lowest BCUT2D eigenvalue weighted by molar-refractivity contribution is 0.0775. The van der Waals surface area contributed by atoms with Crippen LogP contribution in [0, 0.1) is 25.7 Å². The number of hydrogen-bond acceptors (Lipinski definition) is 7. The van der Waals surface area contributed by atoms with Crippen LogP contribution in [0.15, 0.2) is 30.3 Å². The molecule has 2 unspecified atom stereocenters. The van der Waals surface area contributed by atoms with Crippen LogP contribution in [-0.2, 0) is 5.41 Å².